The number of hydrogen-bond donors (Lipinski definition) is 1. The lowest BCUT2D eigenvalue weighted by Gasteiger charge is -2.08. The summed E-state index contributed by atoms with van der Waals surface area (Å²) in [6.45, 7) is 4.40. The SMILES string of the molecule is CC(C)n1cc(-c2nc3c4cccnc4c4ncccc4c3[nH]2)c2ccccc21. The van der Waals surface area contributed by atoms with Crippen molar-refractivity contribution in [3.63, 3.8) is 0 Å². The highest BCUT2D eigenvalue weighted by Gasteiger charge is 2.18. The van der Waals surface area contributed by atoms with Gasteiger partial charge in [-0.15, -0.1) is 0 Å². The molecule has 1 N–H and O–H groups in total. The minimum atomic E-state index is 0.369. The van der Waals surface area contributed by atoms with Gasteiger partial charge >= 0.3 is 0 Å². The van der Waals surface area contributed by atoms with Gasteiger partial charge in [-0.3, -0.25) is 9.97 Å². The number of hydrogen-bond acceptors (Lipinski definition) is 3. The smallest absolute Gasteiger partial charge is 0.140 e. The number of benzene rings is 2. The molecular formula is C24H19N5. The number of nitrogens with zero attached hydrogens (tertiary/aromatic N) is 4. The molecule has 0 atom stereocenters. The number of para-hydroxylation sites is 1. The highest BCUT2D eigenvalue weighted by Crippen LogP contribution is 2.36. The van der Waals surface area contributed by atoms with Gasteiger partial charge in [0.25, 0.3) is 0 Å². The van der Waals surface area contributed by atoms with Gasteiger partial charge in [-0.1, -0.05) is 18.2 Å². The number of aromatic nitrogens is 5. The molecule has 140 valence electrons. The molecule has 0 saturated carbocycles. The first kappa shape index (κ1) is 16.2. The maximum absolute atomic E-state index is 5.05. The molecule has 0 unspecified atom stereocenters. The first-order valence-electron chi connectivity index (χ1n) is 9.83. The normalized spacial score (nSPS) is 12.1. The molecule has 29 heavy (non-hydrogen) atoms. The summed E-state index contributed by atoms with van der Waals surface area (Å²) in [5.74, 6) is 0.872. The van der Waals surface area contributed by atoms with Gasteiger partial charge in [0.05, 0.1) is 22.1 Å². The fraction of sp³-hybridized carbons (Fsp3) is 0.125. The topological polar surface area (TPSA) is 59.4 Å². The Morgan fingerprint density at radius 3 is 2.28 bits per heavy atom. The molecule has 6 aromatic rings. The third-order valence-corrected chi connectivity index (χ3v) is 5.62. The van der Waals surface area contributed by atoms with Crippen LogP contribution in [0.25, 0.3) is 55.1 Å². The van der Waals surface area contributed by atoms with E-state index < -0.39 is 0 Å². The van der Waals surface area contributed by atoms with Crippen LogP contribution in [0.1, 0.15) is 19.9 Å². The predicted octanol–water partition coefficient (Wildman–Crippen LogP) is 5.86. The van der Waals surface area contributed by atoms with Crippen LogP contribution in [0.5, 0.6) is 0 Å². The Bertz CT molecular complexity index is 1460. The minimum absolute atomic E-state index is 0.369. The van der Waals surface area contributed by atoms with Crippen LogP contribution in [0, 0.1) is 0 Å². The number of rotatable bonds is 2. The van der Waals surface area contributed by atoms with Crippen molar-refractivity contribution in [2.24, 2.45) is 0 Å². The van der Waals surface area contributed by atoms with Crippen LogP contribution in [0.3, 0.4) is 0 Å². The average Bonchev–Trinajstić information content (AvgIpc) is 3.36. The summed E-state index contributed by atoms with van der Waals surface area (Å²) in [6, 6.07) is 16.9. The Kier molecular flexibility index (Phi) is 3.29. The Labute approximate surface area is 167 Å². The fourth-order valence-corrected chi connectivity index (χ4v) is 4.29. The Morgan fingerprint density at radius 1 is 0.793 bits per heavy atom. The van der Waals surface area contributed by atoms with Crippen molar-refractivity contribution in [2.45, 2.75) is 19.9 Å². The van der Waals surface area contributed by atoms with Crippen LogP contribution in [-0.2, 0) is 0 Å². The summed E-state index contributed by atoms with van der Waals surface area (Å²) in [7, 11) is 0. The lowest BCUT2D eigenvalue weighted by Crippen LogP contribution is -1.97. The summed E-state index contributed by atoms with van der Waals surface area (Å²) in [5, 5.41) is 3.26. The van der Waals surface area contributed by atoms with Gasteiger partial charge < -0.3 is 9.55 Å². The molecule has 2 aromatic carbocycles. The molecule has 6 rings (SSSR count). The van der Waals surface area contributed by atoms with Gasteiger partial charge in [0.1, 0.15) is 5.82 Å². The first-order chi connectivity index (χ1) is 14.2. The maximum atomic E-state index is 5.05. The number of nitrogens with one attached hydrogen (secondary N) is 1. The molecule has 4 aromatic heterocycles. The molecule has 0 aliphatic heterocycles. The monoisotopic (exact) mass is 377 g/mol. The van der Waals surface area contributed by atoms with E-state index in [1.807, 2.05) is 24.5 Å². The Hall–Kier alpha value is -3.73. The van der Waals surface area contributed by atoms with Gasteiger partial charge in [0, 0.05) is 51.9 Å². The van der Waals surface area contributed by atoms with Crippen molar-refractivity contribution in [1.29, 1.82) is 0 Å². The van der Waals surface area contributed by atoms with Crippen molar-refractivity contribution < 1.29 is 0 Å². The van der Waals surface area contributed by atoms with Crippen LogP contribution in [0.4, 0.5) is 0 Å². The zero-order valence-corrected chi connectivity index (χ0v) is 16.2. The van der Waals surface area contributed by atoms with Gasteiger partial charge in [-0.25, -0.2) is 4.98 Å². The van der Waals surface area contributed by atoms with Crippen molar-refractivity contribution in [2.75, 3.05) is 0 Å². The molecule has 0 radical (unpaired) electrons. The van der Waals surface area contributed by atoms with E-state index in [-0.39, 0.29) is 0 Å². The molecule has 0 spiro atoms. The van der Waals surface area contributed by atoms with Crippen molar-refractivity contribution in [1.82, 2.24) is 24.5 Å². The molecule has 4 heterocycles. The quantitative estimate of drug-likeness (QED) is 0.384. The summed E-state index contributed by atoms with van der Waals surface area (Å²) < 4.78 is 2.30. The molecule has 5 nitrogen and oxygen atoms in total. The highest BCUT2D eigenvalue weighted by atomic mass is 15.0. The van der Waals surface area contributed by atoms with Crippen LogP contribution in [0.2, 0.25) is 0 Å². The number of H-pyrrole nitrogens is 1. The third-order valence-electron chi connectivity index (χ3n) is 5.62. The summed E-state index contributed by atoms with van der Waals surface area (Å²) in [5.41, 5.74) is 6.05. The second-order valence-electron chi connectivity index (χ2n) is 7.67. The molecule has 0 fully saturated rings. The molecule has 0 aliphatic carbocycles. The van der Waals surface area contributed by atoms with Gasteiger partial charge in [-0.05, 0) is 44.2 Å². The number of fused-ring (bicyclic) bond motifs is 7. The summed E-state index contributed by atoms with van der Waals surface area (Å²) in [4.78, 5) is 17.8. The molecular weight excluding hydrogens is 358 g/mol. The minimum Gasteiger partial charge on any atom is -0.344 e. The van der Waals surface area contributed by atoms with E-state index in [2.05, 4.69) is 76.0 Å². The second-order valence-corrected chi connectivity index (χ2v) is 7.67. The maximum Gasteiger partial charge on any atom is 0.140 e. The molecule has 0 bridgehead atoms. The molecule has 0 saturated heterocycles. The van der Waals surface area contributed by atoms with Gasteiger partial charge in [-0.2, -0.15) is 0 Å². The lowest BCUT2D eigenvalue weighted by atomic mass is 10.1. The van der Waals surface area contributed by atoms with Crippen LogP contribution in [-0.4, -0.2) is 24.5 Å². The Balaban J connectivity index is 1.74. The largest absolute Gasteiger partial charge is 0.344 e. The van der Waals surface area contributed by atoms with Crippen LogP contribution >= 0.6 is 0 Å². The van der Waals surface area contributed by atoms with E-state index in [9.17, 15) is 0 Å². The number of imidazole rings is 1. The number of pyridine rings is 2. The average molecular weight is 377 g/mol. The van der Waals surface area contributed by atoms with E-state index in [0.717, 1.165) is 44.2 Å². The first-order valence-corrected chi connectivity index (χ1v) is 9.83. The van der Waals surface area contributed by atoms with Crippen LogP contribution in [0.15, 0.2) is 67.1 Å². The van der Waals surface area contributed by atoms with Gasteiger partial charge in [0.2, 0.25) is 0 Å². The highest BCUT2D eigenvalue weighted by molar-refractivity contribution is 6.21. The predicted molar refractivity (Wildman–Crippen MR) is 118 cm³/mol. The third kappa shape index (κ3) is 2.24. The van der Waals surface area contributed by atoms with E-state index in [4.69, 9.17) is 4.98 Å². The summed E-state index contributed by atoms with van der Waals surface area (Å²) >= 11 is 0. The van der Waals surface area contributed by atoms with E-state index in [1.165, 1.54) is 10.9 Å². The van der Waals surface area contributed by atoms with Crippen molar-refractivity contribution >= 4 is 43.7 Å². The second kappa shape index (κ2) is 5.88. The zero-order chi connectivity index (χ0) is 19.5. The fourth-order valence-electron chi connectivity index (χ4n) is 4.29. The molecule has 0 aliphatic rings. The molecule has 5 heteroatoms. The van der Waals surface area contributed by atoms with E-state index in [0.29, 0.717) is 6.04 Å². The summed E-state index contributed by atoms with van der Waals surface area (Å²) in [6.07, 6.45) is 5.83. The van der Waals surface area contributed by atoms with Gasteiger partial charge in [0.15, 0.2) is 0 Å². The Morgan fingerprint density at radius 2 is 1.48 bits per heavy atom. The number of aromatic amines is 1. The van der Waals surface area contributed by atoms with Crippen molar-refractivity contribution in [3.05, 3.63) is 67.1 Å². The van der Waals surface area contributed by atoms with E-state index >= 15 is 0 Å². The standard InChI is InChI=1S/C24H19N5/c1-14(2)29-13-18(15-7-3-4-10-19(15)29)24-27-22-16-8-5-11-25-20(16)21-17(23(22)28-24)9-6-12-26-21/h3-14H,1-2H3,(H,27,28). The zero-order valence-electron chi connectivity index (χ0n) is 16.2. The molecule has 0 amide bonds. The lowest BCUT2D eigenvalue weighted by molar-refractivity contribution is 0.623. The van der Waals surface area contributed by atoms with Crippen LogP contribution < -0.4 is 0 Å². The van der Waals surface area contributed by atoms with E-state index in [1.54, 1.807) is 0 Å². The van der Waals surface area contributed by atoms with Crippen molar-refractivity contribution in [3.8, 4) is 11.4 Å².